The van der Waals surface area contributed by atoms with E-state index < -0.39 is 10.0 Å². The molecule has 1 heterocycles. The lowest BCUT2D eigenvalue weighted by atomic mass is 10.1. The number of hydrogen-bond acceptors (Lipinski definition) is 5. The van der Waals surface area contributed by atoms with E-state index in [2.05, 4.69) is 10.0 Å². The third kappa shape index (κ3) is 7.08. The van der Waals surface area contributed by atoms with Crippen molar-refractivity contribution < 1.29 is 12.8 Å². The van der Waals surface area contributed by atoms with Gasteiger partial charge in [-0.3, -0.25) is 0 Å². The van der Waals surface area contributed by atoms with Gasteiger partial charge < -0.3 is 14.6 Å². The molecule has 0 unspecified atom stereocenters. The van der Waals surface area contributed by atoms with E-state index in [-0.39, 0.29) is 10.6 Å². The van der Waals surface area contributed by atoms with E-state index in [4.69, 9.17) is 4.42 Å². The topological polar surface area (TPSA) is 74.6 Å². The van der Waals surface area contributed by atoms with Crippen LogP contribution in [0.1, 0.15) is 33.0 Å². The Kier molecular flexibility index (Phi) is 6.40. The molecule has 6 nitrogen and oxygen atoms in total. The number of nitrogens with zero attached hydrogens (tertiary/aromatic N) is 1. The van der Waals surface area contributed by atoms with Gasteiger partial charge in [0.2, 0.25) is 5.09 Å². The molecule has 0 aliphatic rings. The fourth-order valence-corrected chi connectivity index (χ4v) is 2.64. The average molecular weight is 317 g/mol. The Labute approximate surface area is 127 Å². The summed E-state index contributed by atoms with van der Waals surface area (Å²) in [6.45, 7) is 7.86. The lowest BCUT2D eigenvalue weighted by Gasteiger charge is -2.19. The molecule has 2 N–H and O–H groups in total. The first kappa shape index (κ1) is 18.2. The first-order valence-corrected chi connectivity index (χ1v) is 8.56. The highest BCUT2D eigenvalue weighted by atomic mass is 32.2. The summed E-state index contributed by atoms with van der Waals surface area (Å²) in [6, 6.07) is 3.18. The Morgan fingerprint density at radius 2 is 1.90 bits per heavy atom. The quantitative estimate of drug-likeness (QED) is 0.709. The Morgan fingerprint density at radius 1 is 1.24 bits per heavy atom. The zero-order valence-electron chi connectivity index (χ0n) is 13.6. The van der Waals surface area contributed by atoms with Crippen molar-refractivity contribution in [3.63, 3.8) is 0 Å². The second-order valence-corrected chi connectivity index (χ2v) is 8.08. The molecule has 1 aromatic heterocycles. The predicted octanol–water partition coefficient (Wildman–Crippen LogP) is 1.40. The first-order valence-electron chi connectivity index (χ1n) is 7.08. The van der Waals surface area contributed by atoms with Crippen molar-refractivity contribution in [2.24, 2.45) is 0 Å². The van der Waals surface area contributed by atoms with Crippen LogP contribution < -0.4 is 10.0 Å². The van der Waals surface area contributed by atoms with Crippen LogP contribution in [0.4, 0.5) is 0 Å². The van der Waals surface area contributed by atoms with Crippen molar-refractivity contribution in [2.45, 2.75) is 44.4 Å². The second-order valence-electron chi connectivity index (χ2n) is 6.38. The highest BCUT2D eigenvalue weighted by molar-refractivity contribution is 7.89. The van der Waals surface area contributed by atoms with Gasteiger partial charge in [-0.1, -0.05) is 0 Å². The van der Waals surface area contributed by atoms with E-state index in [1.807, 2.05) is 39.8 Å². The Bertz CT molecular complexity index is 530. The zero-order chi connectivity index (χ0) is 16.1. The molecule has 1 aromatic rings. The van der Waals surface area contributed by atoms with Crippen LogP contribution in [0.3, 0.4) is 0 Å². The molecule has 0 bridgehead atoms. The van der Waals surface area contributed by atoms with Crippen LogP contribution >= 0.6 is 0 Å². The molecule has 0 amide bonds. The lowest BCUT2D eigenvalue weighted by Crippen LogP contribution is -2.34. The summed E-state index contributed by atoms with van der Waals surface area (Å²) in [4.78, 5) is 2.01. The third-order valence-corrected chi connectivity index (χ3v) is 4.10. The summed E-state index contributed by atoms with van der Waals surface area (Å²) in [5.41, 5.74) is -0.0454. The minimum absolute atomic E-state index is 0.0296. The summed E-state index contributed by atoms with van der Waals surface area (Å²) < 4.78 is 32.1. The molecule has 0 aliphatic heterocycles. The Balaban J connectivity index is 2.54. The maximum atomic E-state index is 12.1. The molecule has 0 saturated heterocycles. The number of rotatable bonds is 8. The summed E-state index contributed by atoms with van der Waals surface area (Å²) in [6.07, 6.45) is 0.755. The van der Waals surface area contributed by atoms with Crippen LogP contribution in [-0.2, 0) is 16.6 Å². The summed E-state index contributed by atoms with van der Waals surface area (Å²) >= 11 is 0. The van der Waals surface area contributed by atoms with E-state index in [9.17, 15) is 8.42 Å². The van der Waals surface area contributed by atoms with Crippen molar-refractivity contribution in [2.75, 3.05) is 27.2 Å². The molecule has 21 heavy (non-hydrogen) atoms. The molecule has 7 heteroatoms. The maximum Gasteiger partial charge on any atom is 0.273 e. The number of hydrogen-bond donors (Lipinski definition) is 2. The van der Waals surface area contributed by atoms with Crippen LogP contribution in [-0.4, -0.2) is 46.0 Å². The van der Waals surface area contributed by atoms with Gasteiger partial charge in [0.05, 0.1) is 6.54 Å². The molecule has 0 saturated carbocycles. The number of sulfonamides is 1. The second kappa shape index (κ2) is 7.40. The van der Waals surface area contributed by atoms with Gasteiger partial charge in [-0.05, 0) is 60.0 Å². The molecule has 0 spiro atoms. The van der Waals surface area contributed by atoms with Crippen molar-refractivity contribution in [3.8, 4) is 0 Å². The van der Waals surface area contributed by atoms with Crippen molar-refractivity contribution in [1.29, 1.82) is 0 Å². The molecule has 0 atom stereocenters. The van der Waals surface area contributed by atoms with Gasteiger partial charge in [0, 0.05) is 12.1 Å². The van der Waals surface area contributed by atoms with Gasteiger partial charge in [-0.15, -0.1) is 0 Å². The molecule has 1 rings (SSSR count). The van der Waals surface area contributed by atoms with E-state index in [0.717, 1.165) is 13.0 Å². The predicted molar refractivity (Wildman–Crippen MR) is 83.7 cm³/mol. The molecule has 0 radical (unpaired) electrons. The van der Waals surface area contributed by atoms with Gasteiger partial charge in [0.1, 0.15) is 5.76 Å². The standard InChI is InChI=1S/C14H27N3O3S/c1-14(2,3)15-11-12-7-8-13(20-12)21(18,19)16-9-6-10-17(4)5/h7-8,15-16H,6,9-11H2,1-5H3. The number of nitrogens with one attached hydrogen (secondary N) is 2. The molecule has 0 aliphatic carbocycles. The van der Waals surface area contributed by atoms with Crippen LogP contribution in [0.2, 0.25) is 0 Å². The average Bonchev–Trinajstić information content (AvgIpc) is 2.81. The normalized spacial score (nSPS) is 13.0. The van der Waals surface area contributed by atoms with Crippen molar-refractivity contribution >= 4 is 10.0 Å². The minimum Gasteiger partial charge on any atom is -0.447 e. The largest absolute Gasteiger partial charge is 0.447 e. The lowest BCUT2D eigenvalue weighted by molar-refractivity contribution is 0.358. The van der Waals surface area contributed by atoms with Gasteiger partial charge in [-0.2, -0.15) is 0 Å². The van der Waals surface area contributed by atoms with Crippen molar-refractivity contribution in [1.82, 2.24) is 14.9 Å². The molecular formula is C14H27N3O3S. The van der Waals surface area contributed by atoms with Gasteiger partial charge in [-0.25, -0.2) is 13.1 Å². The van der Waals surface area contributed by atoms with Gasteiger partial charge in [0.15, 0.2) is 0 Å². The molecule has 0 aromatic carbocycles. The minimum atomic E-state index is -3.55. The summed E-state index contributed by atoms with van der Waals surface area (Å²) in [7, 11) is 0.354. The van der Waals surface area contributed by atoms with Crippen LogP contribution in [0.15, 0.2) is 21.6 Å². The van der Waals surface area contributed by atoms with E-state index in [0.29, 0.717) is 18.8 Å². The highest BCUT2D eigenvalue weighted by Gasteiger charge is 2.18. The Morgan fingerprint density at radius 3 is 2.48 bits per heavy atom. The molecule has 122 valence electrons. The third-order valence-electron chi connectivity index (χ3n) is 2.77. The summed E-state index contributed by atoms with van der Waals surface area (Å²) in [5.74, 6) is 0.610. The Hall–Kier alpha value is -0.890. The van der Waals surface area contributed by atoms with Gasteiger partial charge in [0.25, 0.3) is 10.0 Å². The monoisotopic (exact) mass is 317 g/mol. The SMILES string of the molecule is CN(C)CCCNS(=O)(=O)c1ccc(CNC(C)(C)C)o1. The highest BCUT2D eigenvalue weighted by Crippen LogP contribution is 2.14. The fraction of sp³-hybridized carbons (Fsp3) is 0.714. The van der Waals surface area contributed by atoms with Crippen LogP contribution in [0.5, 0.6) is 0 Å². The first-order chi connectivity index (χ1) is 9.60. The molecular weight excluding hydrogens is 290 g/mol. The zero-order valence-corrected chi connectivity index (χ0v) is 14.4. The smallest absolute Gasteiger partial charge is 0.273 e. The van der Waals surface area contributed by atoms with Crippen LogP contribution in [0.25, 0.3) is 0 Å². The molecule has 0 fully saturated rings. The van der Waals surface area contributed by atoms with E-state index in [1.54, 1.807) is 6.07 Å². The maximum absolute atomic E-state index is 12.1. The summed E-state index contributed by atoms with van der Waals surface area (Å²) in [5, 5.41) is 3.22. The number of furan rings is 1. The van der Waals surface area contributed by atoms with Gasteiger partial charge >= 0.3 is 0 Å². The van der Waals surface area contributed by atoms with Crippen molar-refractivity contribution in [3.05, 3.63) is 17.9 Å². The van der Waals surface area contributed by atoms with E-state index >= 15 is 0 Å². The fourth-order valence-electron chi connectivity index (χ4n) is 1.62. The van der Waals surface area contributed by atoms with Crippen LogP contribution in [0, 0.1) is 0 Å². The van der Waals surface area contributed by atoms with E-state index in [1.165, 1.54) is 6.07 Å².